The van der Waals surface area contributed by atoms with Crippen molar-refractivity contribution >= 4 is 17.2 Å². The summed E-state index contributed by atoms with van der Waals surface area (Å²) in [5.74, 6) is 1.25. The molecule has 6 nitrogen and oxygen atoms in total. The number of hydrogen-bond donors (Lipinski definition) is 1. The number of nitrogens with two attached hydrogens (primary N) is 1. The first kappa shape index (κ1) is 17.2. The molecule has 27 heavy (non-hydrogen) atoms. The minimum Gasteiger partial charge on any atom is -0.496 e. The molecule has 0 saturated carbocycles. The van der Waals surface area contributed by atoms with Crippen LogP contribution in [0.1, 0.15) is 11.1 Å². The number of aryl methyl sites for hydroxylation is 2. The normalized spacial score (nSPS) is 10.9. The van der Waals surface area contributed by atoms with Gasteiger partial charge in [0.15, 0.2) is 11.5 Å². The Morgan fingerprint density at radius 2 is 1.89 bits per heavy atom. The molecule has 0 bridgehead atoms. The molecule has 2 aromatic heterocycles. The predicted octanol–water partition coefficient (Wildman–Crippen LogP) is 4.27. The highest BCUT2D eigenvalue weighted by Gasteiger charge is 2.18. The second-order valence-electron chi connectivity index (χ2n) is 6.24. The highest BCUT2D eigenvalue weighted by molar-refractivity contribution is 7.13. The fourth-order valence-corrected chi connectivity index (χ4v) is 3.66. The average Bonchev–Trinajstić information content (AvgIpc) is 3.30. The molecule has 0 unspecified atom stereocenters. The van der Waals surface area contributed by atoms with Crippen LogP contribution in [0, 0.1) is 13.8 Å². The summed E-state index contributed by atoms with van der Waals surface area (Å²) in [4.78, 5) is 4.70. The van der Waals surface area contributed by atoms with Gasteiger partial charge in [-0.15, -0.1) is 16.4 Å². The zero-order chi connectivity index (χ0) is 19.0. The van der Waals surface area contributed by atoms with Crippen molar-refractivity contribution in [1.82, 2.24) is 20.0 Å². The van der Waals surface area contributed by atoms with Gasteiger partial charge < -0.3 is 10.5 Å². The zero-order valence-electron chi connectivity index (χ0n) is 15.3. The van der Waals surface area contributed by atoms with E-state index in [9.17, 15) is 0 Å². The molecule has 0 aliphatic heterocycles. The van der Waals surface area contributed by atoms with Crippen LogP contribution < -0.4 is 10.5 Å². The van der Waals surface area contributed by atoms with Crippen LogP contribution in [0.3, 0.4) is 0 Å². The molecule has 0 fully saturated rings. The number of rotatable bonds is 4. The van der Waals surface area contributed by atoms with Crippen LogP contribution in [-0.2, 0) is 0 Å². The molecule has 0 aliphatic rings. The molecule has 0 spiro atoms. The third kappa shape index (κ3) is 3.06. The fraction of sp³-hybridized carbons (Fsp3) is 0.150. The summed E-state index contributed by atoms with van der Waals surface area (Å²) in [6.07, 6.45) is 0. The molecule has 4 rings (SSSR count). The SMILES string of the molecule is COc1ccccc1-c1csc(-c2nnn(-c3ccc(C)c(C)c3)c2N)n1. The standard InChI is InChI=1S/C20H19N5OS/c1-12-8-9-14(10-13(12)2)25-19(21)18(23-24-25)20-22-16(11-27-20)15-6-4-5-7-17(15)26-3/h4-11H,21H2,1-3H3. The Hall–Kier alpha value is -3.19. The number of nitrogens with zero attached hydrogens (tertiary/aromatic N) is 4. The summed E-state index contributed by atoms with van der Waals surface area (Å²) in [5.41, 5.74) is 12.0. The quantitative estimate of drug-likeness (QED) is 0.575. The van der Waals surface area contributed by atoms with Gasteiger partial charge in [0.2, 0.25) is 0 Å². The lowest BCUT2D eigenvalue weighted by Gasteiger charge is -2.06. The average molecular weight is 377 g/mol. The van der Waals surface area contributed by atoms with E-state index in [1.165, 1.54) is 22.5 Å². The molecule has 0 aliphatic carbocycles. The van der Waals surface area contributed by atoms with Gasteiger partial charge in [0.25, 0.3) is 0 Å². The Balaban J connectivity index is 1.72. The number of aromatic nitrogens is 4. The number of thiazole rings is 1. The van der Waals surface area contributed by atoms with E-state index >= 15 is 0 Å². The van der Waals surface area contributed by atoms with Crippen molar-refractivity contribution in [1.29, 1.82) is 0 Å². The Kier molecular flexibility index (Phi) is 4.37. The molecule has 4 aromatic rings. The van der Waals surface area contributed by atoms with Gasteiger partial charge in [-0.3, -0.25) is 0 Å². The highest BCUT2D eigenvalue weighted by atomic mass is 32.1. The summed E-state index contributed by atoms with van der Waals surface area (Å²) >= 11 is 1.48. The Morgan fingerprint density at radius 3 is 2.67 bits per heavy atom. The summed E-state index contributed by atoms with van der Waals surface area (Å²) in [6.45, 7) is 4.14. The van der Waals surface area contributed by atoms with Gasteiger partial charge in [-0.05, 0) is 49.2 Å². The molecule has 2 aromatic carbocycles. The molecule has 136 valence electrons. The number of methoxy groups -OCH3 is 1. The van der Waals surface area contributed by atoms with Crippen molar-refractivity contribution in [2.75, 3.05) is 12.8 Å². The monoisotopic (exact) mass is 377 g/mol. The van der Waals surface area contributed by atoms with Crippen molar-refractivity contribution < 1.29 is 4.74 Å². The molecule has 0 amide bonds. The zero-order valence-corrected chi connectivity index (χ0v) is 16.1. The summed E-state index contributed by atoms with van der Waals surface area (Å²) in [6, 6.07) is 13.9. The number of hydrogen-bond acceptors (Lipinski definition) is 6. The lowest BCUT2D eigenvalue weighted by atomic mass is 10.1. The Morgan fingerprint density at radius 1 is 1.07 bits per heavy atom. The van der Waals surface area contributed by atoms with Crippen LogP contribution in [0.2, 0.25) is 0 Å². The van der Waals surface area contributed by atoms with E-state index in [0.29, 0.717) is 11.5 Å². The van der Waals surface area contributed by atoms with Crippen LogP contribution in [-0.4, -0.2) is 27.1 Å². The minimum absolute atomic E-state index is 0.471. The highest BCUT2D eigenvalue weighted by Crippen LogP contribution is 2.35. The summed E-state index contributed by atoms with van der Waals surface area (Å²) < 4.78 is 7.07. The molecule has 0 radical (unpaired) electrons. The van der Waals surface area contributed by atoms with Gasteiger partial charge in [0.1, 0.15) is 10.8 Å². The summed E-state index contributed by atoms with van der Waals surface area (Å²) in [5, 5.41) is 11.2. The van der Waals surface area contributed by atoms with Crippen LogP contribution in [0.4, 0.5) is 5.82 Å². The van der Waals surface area contributed by atoms with E-state index in [4.69, 9.17) is 15.5 Å². The van der Waals surface area contributed by atoms with Crippen molar-refractivity contribution in [3.8, 4) is 33.4 Å². The van der Waals surface area contributed by atoms with Crippen molar-refractivity contribution in [3.63, 3.8) is 0 Å². The first-order chi connectivity index (χ1) is 13.1. The molecular formula is C20H19N5OS. The number of ether oxygens (including phenoxy) is 1. The largest absolute Gasteiger partial charge is 0.496 e. The lowest BCUT2D eigenvalue weighted by Crippen LogP contribution is -2.03. The number of anilines is 1. The van der Waals surface area contributed by atoms with Gasteiger partial charge in [0, 0.05) is 10.9 Å². The van der Waals surface area contributed by atoms with Gasteiger partial charge in [-0.2, -0.15) is 4.68 Å². The van der Waals surface area contributed by atoms with Crippen molar-refractivity contribution in [2.24, 2.45) is 0 Å². The number of para-hydroxylation sites is 1. The summed E-state index contributed by atoms with van der Waals surface area (Å²) in [7, 11) is 1.65. The molecule has 0 atom stereocenters. The van der Waals surface area contributed by atoms with Crippen LogP contribution in [0.25, 0.3) is 27.6 Å². The molecule has 7 heteroatoms. The number of benzene rings is 2. The minimum atomic E-state index is 0.471. The second-order valence-corrected chi connectivity index (χ2v) is 7.10. The Labute approximate surface area is 161 Å². The predicted molar refractivity (Wildman–Crippen MR) is 108 cm³/mol. The topological polar surface area (TPSA) is 78.9 Å². The van der Waals surface area contributed by atoms with E-state index in [-0.39, 0.29) is 0 Å². The van der Waals surface area contributed by atoms with E-state index in [2.05, 4.69) is 30.2 Å². The molecule has 2 N–H and O–H groups in total. The fourth-order valence-electron chi connectivity index (χ4n) is 2.85. The smallest absolute Gasteiger partial charge is 0.165 e. The molecule has 2 heterocycles. The first-order valence-corrected chi connectivity index (χ1v) is 9.34. The maximum absolute atomic E-state index is 6.34. The van der Waals surface area contributed by atoms with E-state index in [1.807, 2.05) is 41.8 Å². The second kappa shape index (κ2) is 6.85. The maximum Gasteiger partial charge on any atom is 0.165 e. The van der Waals surface area contributed by atoms with Crippen LogP contribution >= 0.6 is 11.3 Å². The third-order valence-corrected chi connectivity index (χ3v) is 5.38. The van der Waals surface area contributed by atoms with Gasteiger partial charge in [0.05, 0.1) is 18.5 Å². The van der Waals surface area contributed by atoms with Crippen molar-refractivity contribution in [2.45, 2.75) is 13.8 Å². The van der Waals surface area contributed by atoms with Gasteiger partial charge in [-0.25, -0.2) is 4.98 Å². The van der Waals surface area contributed by atoms with Gasteiger partial charge in [-0.1, -0.05) is 23.4 Å². The van der Waals surface area contributed by atoms with E-state index < -0.39 is 0 Å². The Bertz CT molecular complexity index is 1120. The number of nitrogen functional groups attached to an aromatic ring is 1. The van der Waals surface area contributed by atoms with Crippen molar-refractivity contribution in [3.05, 3.63) is 59.0 Å². The van der Waals surface area contributed by atoms with E-state index in [0.717, 1.165) is 27.7 Å². The molecule has 0 saturated heterocycles. The third-order valence-electron chi connectivity index (χ3n) is 4.53. The van der Waals surface area contributed by atoms with Gasteiger partial charge >= 0.3 is 0 Å². The van der Waals surface area contributed by atoms with Crippen LogP contribution in [0.15, 0.2) is 47.8 Å². The maximum atomic E-state index is 6.34. The van der Waals surface area contributed by atoms with E-state index in [1.54, 1.807) is 11.8 Å². The molecular weight excluding hydrogens is 358 g/mol. The lowest BCUT2D eigenvalue weighted by molar-refractivity contribution is 0.416. The van der Waals surface area contributed by atoms with Crippen LogP contribution in [0.5, 0.6) is 5.75 Å². The first-order valence-electron chi connectivity index (χ1n) is 8.46.